The lowest BCUT2D eigenvalue weighted by molar-refractivity contribution is 0.507. The highest BCUT2D eigenvalue weighted by Gasteiger charge is 2.19. The molecule has 0 radical (unpaired) electrons. The quantitative estimate of drug-likeness (QED) is 0.196. The van der Waals surface area contributed by atoms with Crippen LogP contribution >= 0.6 is 18.1 Å². The summed E-state index contributed by atoms with van der Waals surface area (Å²) < 4.78 is 24.8. The molecule has 0 bridgehead atoms. The molecule has 0 spiro atoms. The summed E-state index contributed by atoms with van der Waals surface area (Å²) in [5.74, 6) is 3.28. The minimum atomic E-state index is -0.179. The third-order valence-electron chi connectivity index (χ3n) is 6.41. The molecule has 6 heteroatoms. The fourth-order valence-corrected chi connectivity index (χ4v) is 5.84. The zero-order chi connectivity index (χ0) is 27.4. The number of hydrogen-bond acceptors (Lipinski definition) is 4. The van der Waals surface area contributed by atoms with Gasteiger partial charge in [-0.2, -0.15) is 0 Å². The lowest BCUT2D eigenvalue weighted by Gasteiger charge is -2.20. The summed E-state index contributed by atoms with van der Waals surface area (Å²) in [6, 6.07) is 21.0. The molecule has 0 saturated carbocycles. The topological polar surface area (TPSA) is 36.9 Å². The Labute approximate surface area is 230 Å². The average Bonchev–Trinajstić information content (AvgIpc) is 2.85. The van der Waals surface area contributed by atoms with Crippen molar-refractivity contribution < 1.29 is 18.1 Å². The van der Waals surface area contributed by atoms with Crippen LogP contribution in [0.3, 0.4) is 0 Å². The van der Waals surface area contributed by atoms with Crippen LogP contribution in [-0.2, 0) is 0 Å². The van der Waals surface area contributed by atoms with Gasteiger partial charge in [0.25, 0.3) is 18.1 Å². The van der Waals surface area contributed by atoms with Crippen molar-refractivity contribution in [2.75, 3.05) is 0 Å². The van der Waals surface area contributed by atoms with Gasteiger partial charge in [-0.3, -0.25) is 0 Å². The lowest BCUT2D eigenvalue weighted by atomic mass is 9.95. The van der Waals surface area contributed by atoms with E-state index >= 15 is 0 Å². The van der Waals surface area contributed by atoms with Crippen molar-refractivity contribution in [3.05, 3.63) is 105 Å². The lowest BCUT2D eigenvalue weighted by Crippen LogP contribution is -1.97. The summed E-state index contributed by atoms with van der Waals surface area (Å²) >= 11 is 0. The molecular formula is C32H36O4P2. The third kappa shape index (κ3) is 6.68. The highest BCUT2D eigenvalue weighted by Crippen LogP contribution is 2.45. The monoisotopic (exact) mass is 546 g/mol. The summed E-state index contributed by atoms with van der Waals surface area (Å²) in [7, 11) is -0.358. The van der Waals surface area contributed by atoms with Crippen molar-refractivity contribution in [3.63, 3.8) is 0 Å². The minimum absolute atomic E-state index is 0.179. The van der Waals surface area contributed by atoms with E-state index in [0.717, 1.165) is 78.6 Å². The predicted octanol–water partition coefficient (Wildman–Crippen LogP) is 9.75. The first-order valence-corrected chi connectivity index (χ1v) is 14.3. The molecule has 198 valence electrons. The Bertz CT molecular complexity index is 1350. The summed E-state index contributed by atoms with van der Waals surface area (Å²) in [5.41, 5.74) is 10.9. The van der Waals surface area contributed by atoms with Gasteiger partial charge in [0, 0.05) is 11.1 Å². The van der Waals surface area contributed by atoms with Gasteiger partial charge in [-0.05, 0) is 124 Å². The molecular weight excluding hydrogens is 510 g/mol. The van der Waals surface area contributed by atoms with Crippen LogP contribution in [0.15, 0.2) is 60.7 Å². The molecule has 0 aliphatic carbocycles. The van der Waals surface area contributed by atoms with E-state index in [0.29, 0.717) is 0 Å². The van der Waals surface area contributed by atoms with E-state index in [1.807, 2.05) is 26.0 Å². The van der Waals surface area contributed by atoms with Crippen LogP contribution in [0.4, 0.5) is 0 Å². The maximum Gasteiger partial charge on any atom is 0.275 e. The molecule has 0 aliphatic rings. The average molecular weight is 547 g/mol. The molecule has 0 fully saturated rings. The number of aryl methyl sites for hydroxylation is 8. The fraction of sp³-hybridized carbons (Fsp3) is 0.250. The van der Waals surface area contributed by atoms with Crippen LogP contribution in [0, 0.1) is 55.4 Å². The van der Waals surface area contributed by atoms with E-state index in [9.17, 15) is 0 Å². The zero-order valence-corrected chi connectivity index (χ0v) is 25.4. The van der Waals surface area contributed by atoms with Gasteiger partial charge in [0.05, 0.1) is 0 Å². The molecule has 2 atom stereocenters. The van der Waals surface area contributed by atoms with Crippen LogP contribution in [-0.4, -0.2) is 0 Å². The highest BCUT2D eigenvalue weighted by molar-refractivity contribution is 7.27. The highest BCUT2D eigenvalue weighted by atomic mass is 31.1. The number of rotatable bonds is 9. The minimum Gasteiger partial charge on any atom is -0.440 e. The Kier molecular flexibility index (Phi) is 8.98. The Morgan fingerprint density at radius 1 is 0.395 bits per heavy atom. The van der Waals surface area contributed by atoms with E-state index in [1.54, 1.807) is 0 Å². The van der Waals surface area contributed by atoms with Gasteiger partial charge in [0.2, 0.25) is 0 Å². The summed E-state index contributed by atoms with van der Waals surface area (Å²) in [6.45, 7) is 16.6. The van der Waals surface area contributed by atoms with E-state index in [1.165, 1.54) is 0 Å². The van der Waals surface area contributed by atoms with Gasteiger partial charge >= 0.3 is 0 Å². The molecule has 4 rings (SSSR count). The second-order valence-corrected chi connectivity index (χ2v) is 11.2. The van der Waals surface area contributed by atoms with Crippen LogP contribution in [0.5, 0.6) is 23.0 Å². The van der Waals surface area contributed by atoms with Gasteiger partial charge in [0.1, 0.15) is 23.0 Å². The first-order valence-electron chi connectivity index (χ1n) is 12.7. The van der Waals surface area contributed by atoms with Crippen LogP contribution in [0.2, 0.25) is 0 Å². The molecule has 2 unspecified atom stereocenters. The van der Waals surface area contributed by atoms with Crippen molar-refractivity contribution in [2.24, 2.45) is 0 Å². The standard InChI is InChI=1S/C32H36O4P2/c1-19-9-11-23(5)29(17-19)33-37-35-31-25(7)13-21(3)15-27(31)28-16-22(4)14-26(8)32(28)36-38-34-30-18-20(2)10-12-24(30)6/h9-18,37-38H,1-8H3. The summed E-state index contributed by atoms with van der Waals surface area (Å²) in [4.78, 5) is 0. The Morgan fingerprint density at radius 2 is 0.789 bits per heavy atom. The van der Waals surface area contributed by atoms with Gasteiger partial charge in [-0.15, -0.1) is 0 Å². The van der Waals surface area contributed by atoms with Gasteiger partial charge in [-0.25, -0.2) is 0 Å². The molecule has 4 aromatic carbocycles. The molecule has 0 N–H and O–H groups in total. The van der Waals surface area contributed by atoms with Gasteiger partial charge < -0.3 is 18.1 Å². The molecule has 0 heterocycles. The largest absolute Gasteiger partial charge is 0.440 e. The normalized spacial score (nSPS) is 11.5. The predicted molar refractivity (Wildman–Crippen MR) is 162 cm³/mol. The maximum absolute atomic E-state index is 6.33. The third-order valence-corrected chi connectivity index (χ3v) is 7.59. The molecule has 4 nitrogen and oxygen atoms in total. The fourth-order valence-electron chi connectivity index (χ4n) is 4.43. The molecule has 4 aromatic rings. The molecule has 0 amide bonds. The van der Waals surface area contributed by atoms with Crippen molar-refractivity contribution in [3.8, 4) is 34.1 Å². The van der Waals surface area contributed by atoms with E-state index in [-0.39, 0.29) is 18.1 Å². The number of hydrogen-bond donors (Lipinski definition) is 0. The summed E-state index contributed by atoms with van der Waals surface area (Å²) in [6.07, 6.45) is 0. The van der Waals surface area contributed by atoms with Crippen molar-refractivity contribution in [1.82, 2.24) is 0 Å². The zero-order valence-electron chi connectivity index (χ0n) is 23.4. The van der Waals surface area contributed by atoms with Crippen LogP contribution < -0.4 is 18.1 Å². The van der Waals surface area contributed by atoms with Crippen molar-refractivity contribution >= 4 is 18.1 Å². The van der Waals surface area contributed by atoms with Gasteiger partial charge in [0.15, 0.2) is 0 Å². The van der Waals surface area contributed by atoms with E-state index in [4.69, 9.17) is 18.1 Å². The molecule has 0 aromatic heterocycles. The van der Waals surface area contributed by atoms with Crippen molar-refractivity contribution in [2.45, 2.75) is 55.4 Å². The first-order chi connectivity index (χ1) is 18.1. The number of benzene rings is 4. The van der Waals surface area contributed by atoms with Crippen molar-refractivity contribution in [1.29, 1.82) is 0 Å². The first kappa shape index (κ1) is 28.0. The molecule has 38 heavy (non-hydrogen) atoms. The Hall–Kier alpha value is -3.06. The van der Waals surface area contributed by atoms with E-state index < -0.39 is 0 Å². The Balaban J connectivity index is 1.63. The molecule has 0 saturated heterocycles. The Morgan fingerprint density at radius 3 is 1.18 bits per heavy atom. The smallest absolute Gasteiger partial charge is 0.275 e. The second-order valence-electron chi connectivity index (χ2n) is 10.0. The second kappa shape index (κ2) is 12.2. The van der Waals surface area contributed by atoms with E-state index in [2.05, 4.69) is 90.1 Å². The summed E-state index contributed by atoms with van der Waals surface area (Å²) in [5, 5.41) is 0. The van der Waals surface area contributed by atoms with Crippen LogP contribution in [0.25, 0.3) is 11.1 Å². The van der Waals surface area contributed by atoms with Gasteiger partial charge in [-0.1, -0.05) is 36.4 Å². The van der Waals surface area contributed by atoms with Crippen LogP contribution in [0.1, 0.15) is 44.5 Å². The maximum atomic E-state index is 6.33. The molecule has 0 aliphatic heterocycles. The SMILES string of the molecule is Cc1ccc(C)c(OPOc2c(C)cc(C)cc2-c2cc(C)cc(C)c2OPOc2cc(C)ccc2C)c1.